The summed E-state index contributed by atoms with van der Waals surface area (Å²) in [7, 11) is 0. The van der Waals surface area contributed by atoms with Crippen molar-refractivity contribution in [2.45, 2.75) is 32.2 Å². The zero-order valence-electron chi connectivity index (χ0n) is 13.9. The van der Waals surface area contributed by atoms with E-state index in [1.807, 2.05) is 12.1 Å². The predicted molar refractivity (Wildman–Crippen MR) is 94.3 cm³/mol. The van der Waals surface area contributed by atoms with E-state index in [9.17, 15) is 9.59 Å². The molecule has 0 saturated carbocycles. The highest BCUT2D eigenvalue weighted by Crippen LogP contribution is 2.20. The number of likely N-dealkylation sites (tertiary alicyclic amines) is 1. The number of piperidine rings is 1. The Kier molecular flexibility index (Phi) is 7.34. The van der Waals surface area contributed by atoms with E-state index >= 15 is 0 Å². The SMILES string of the molecule is CCOC(=O)N1CCC(NCCC(=O)Nc2ccccc2Cl)CC1. The highest BCUT2D eigenvalue weighted by molar-refractivity contribution is 6.33. The van der Waals surface area contributed by atoms with Gasteiger partial charge >= 0.3 is 6.09 Å². The second kappa shape index (κ2) is 9.49. The van der Waals surface area contributed by atoms with E-state index in [2.05, 4.69) is 10.6 Å². The first-order valence-corrected chi connectivity index (χ1v) is 8.67. The third-order valence-electron chi connectivity index (χ3n) is 3.95. The zero-order valence-corrected chi connectivity index (χ0v) is 14.6. The van der Waals surface area contributed by atoms with Crippen LogP contribution in [-0.4, -0.2) is 49.2 Å². The number of hydrogen-bond donors (Lipinski definition) is 2. The smallest absolute Gasteiger partial charge is 0.409 e. The Balaban J connectivity index is 1.64. The Bertz CT molecular complexity index is 560. The van der Waals surface area contributed by atoms with E-state index in [0.29, 0.717) is 49.4 Å². The lowest BCUT2D eigenvalue weighted by Crippen LogP contribution is -2.45. The quantitative estimate of drug-likeness (QED) is 0.825. The molecule has 24 heavy (non-hydrogen) atoms. The molecule has 0 bridgehead atoms. The molecule has 7 heteroatoms. The maximum Gasteiger partial charge on any atom is 0.409 e. The number of nitrogens with one attached hydrogen (secondary N) is 2. The second-order valence-corrected chi connectivity index (χ2v) is 6.10. The van der Waals surface area contributed by atoms with Crippen molar-refractivity contribution in [2.75, 3.05) is 31.6 Å². The average Bonchev–Trinajstić information content (AvgIpc) is 2.58. The fourth-order valence-electron chi connectivity index (χ4n) is 2.65. The van der Waals surface area contributed by atoms with Crippen LogP contribution in [0.1, 0.15) is 26.2 Å². The van der Waals surface area contributed by atoms with Gasteiger partial charge in [-0.25, -0.2) is 4.79 Å². The largest absolute Gasteiger partial charge is 0.450 e. The van der Waals surface area contributed by atoms with Gasteiger partial charge in [-0.15, -0.1) is 0 Å². The summed E-state index contributed by atoms with van der Waals surface area (Å²) in [6.07, 6.45) is 1.87. The van der Waals surface area contributed by atoms with Crippen LogP contribution in [0.2, 0.25) is 5.02 Å². The minimum absolute atomic E-state index is 0.0699. The van der Waals surface area contributed by atoms with Crippen molar-refractivity contribution in [3.05, 3.63) is 29.3 Å². The van der Waals surface area contributed by atoms with Gasteiger partial charge in [0.25, 0.3) is 0 Å². The molecule has 0 radical (unpaired) electrons. The monoisotopic (exact) mass is 353 g/mol. The topological polar surface area (TPSA) is 70.7 Å². The zero-order chi connectivity index (χ0) is 17.4. The molecule has 1 fully saturated rings. The number of amides is 2. The van der Waals surface area contributed by atoms with Crippen LogP contribution in [0.25, 0.3) is 0 Å². The van der Waals surface area contributed by atoms with Gasteiger partial charge in [0.05, 0.1) is 17.3 Å². The third kappa shape index (κ3) is 5.69. The normalized spacial score (nSPS) is 15.2. The molecule has 0 spiro atoms. The summed E-state index contributed by atoms with van der Waals surface area (Å²) in [4.78, 5) is 25.3. The highest BCUT2D eigenvalue weighted by atomic mass is 35.5. The molecule has 1 aromatic carbocycles. The molecule has 1 aliphatic rings. The summed E-state index contributed by atoms with van der Waals surface area (Å²) >= 11 is 6.01. The summed E-state index contributed by atoms with van der Waals surface area (Å²) in [5, 5.41) is 6.71. The molecule has 1 aliphatic heterocycles. The summed E-state index contributed by atoms with van der Waals surface area (Å²) in [6, 6.07) is 7.49. The van der Waals surface area contributed by atoms with Crippen LogP contribution in [0.15, 0.2) is 24.3 Å². The molecule has 0 atom stereocenters. The molecular weight excluding hydrogens is 330 g/mol. The van der Waals surface area contributed by atoms with Crippen molar-refractivity contribution in [1.82, 2.24) is 10.2 Å². The predicted octanol–water partition coefficient (Wildman–Crippen LogP) is 2.88. The van der Waals surface area contributed by atoms with Crippen LogP contribution < -0.4 is 10.6 Å². The molecule has 6 nitrogen and oxygen atoms in total. The lowest BCUT2D eigenvalue weighted by molar-refractivity contribution is -0.116. The first kappa shape index (κ1) is 18.5. The van der Waals surface area contributed by atoms with Gasteiger partial charge in [0.15, 0.2) is 0 Å². The minimum Gasteiger partial charge on any atom is -0.450 e. The number of rotatable bonds is 6. The van der Waals surface area contributed by atoms with Gasteiger partial charge in [-0.2, -0.15) is 0 Å². The number of benzene rings is 1. The lowest BCUT2D eigenvalue weighted by Gasteiger charge is -2.31. The molecule has 2 N–H and O–H groups in total. The fourth-order valence-corrected chi connectivity index (χ4v) is 2.83. The summed E-state index contributed by atoms with van der Waals surface area (Å²) in [5.41, 5.74) is 0.631. The Labute approximate surface area is 147 Å². The number of nitrogens with zero attached hydrogens (tertiary/aromatic N) is 1. The molecule has 1 aromatic rings. The Morgan fingerprint density at radius 3 is 2.67 bits per heavy atom. The van der Waals surface area contributed by atoms with E-state index in [-0.39, 0.29) is 12.0 Å². The molecular formula is C17H24ClN3O3. The van der Waals surface area contributed by atoms with Gasteiger partial charge in [-0.1, -0.05) is 23.7 Å². The summed E-state index contributed by atoms with van der Waals surface area (Å²) in [6.45, 7) is 4.17. The van der Waals surface area contributed by atoms with E-state index < -0.39 is 0 Å². The van der Waals surface area contributed by atoms with Gasteiger partial charge in [-0.3, -0.25) is 4.79 Å². The van der Waals surface area contributed by atoms with Gasteiger partial charge in [0.1, 0.15) is 0 Å². The van der Waals surface area contributed by atoms with Gasteiger partial charge < -0.3 is 20.3 Å². The molecule has 0 aromatic heterocycles. The number of hydrogen-bond acceptors (Lipinski definition) is 4. The van der Waals surface area contributed by atoms with Crippen LogP contribution in [0.4, 0.5) is 10.5 Å². The van der Waals surface area contributed by atoms with Crippen molar-refractivity contribution in [3.63, 3.8) is 0 Å². The van der Waals surface area contributed by atoms with Gasteiger partial charge in [0, 0.05) is 32.1 Å². The van der Waals surface area contributed by atoms with E-state index in [4.69, 9.17) is 16.3 Å². The Hall–Kier alpha value is -1.79. The lowest BCUT2D eigenvalue weighted by atomic mass is 10.1. The highest BCUT2D eigenvalue weighted by Gasteiger charge is 2.23. The molecule has 132 valence electrons. The van der Waals surface area contributed by atoms with Gasteiger partial charge in [0.2, 0.25) is 5.91 Å². The van der Waals surface area contributed by atoms with Crippen molar-refractivity contribution in [1.29, 1.82) is 0 Å². The third-order valence-corrected chi connectivity index (χ3v) is 4.28. The standard InChI is InChI=1S/C17H24ClN3O3/c1-2-24-17(23)21-11-8-13(9-12-21)19-10-7-16(22)20-15-6-4-3-5-14(15)18/h3-6,13,19H,2,7-12H2,1H3,(H,20,22). The molecule has 1 heterocycles. The number of para-hydroxylation sites is 1. The Morgan fingerprint density at radius 2 is 2.00 bits per heavy atom. The molecule has 0 aliphatic carbocycles. The molecule has 1 saturated heterocycles. The molecule has 0 unspecified atom stereocenters. The van der Waals surface area contributed by atoms with Crippen LogP contribution >= 0.6 is 11.6 Å². The first-order chi connectivity index (χ1) is 11.6. The van der Waals surface area contributed by atoms with Crippen molar-refractivity contribution in [2.24, 2.45) is 0 Å². The number of ether oxygens (including phenoxy) is 1. The number of halogens is 1. The van der Waals surface area contributed by atoms with Crippen LogP contribution in [0.5, 0.6) is 0 Å². The summed E-state index contributed by atoms with van der Waals surface area (Å²) in [5.74, 6) is -0.0699. The molecule has 2 amide bonds. The van der Waals surface area contributed by atoms with Crippen molar-refractivity contribution >= 4 is 29.3 Å². The van der Waals surface area contributed by atoms with E-state index in [1.54, 1.807) is 24.0 Å². The average molecular weight is 354 g/mol. The maximum absolute atomic E-state index is 11.9. The maximum atomic E-state index is 11.9. The number of carbonyl (C=O) groups is 2. The van der Waals surface area contributed by atoms with E-state index in [0.717, 1.165) is 12.8 Å². The molecule has 2 rings (SSSR count). The second-order valence-electron chi connectivity index (χ2n) is 5.69. The fraction of sp³-hybridized carbons (Fsp3) is 0.529. The Morgan fingerprint density at radius 1 is 1.29 bits per heavy atom. The van der Waals surface area contributed by atoms with Crippen LogP contribution in [0.3, 0.4) is 0 Å². The number of anilines is 1. The minimum atomic E-state index is -0.241. The number of carbonyl (C=O) groups excluding carboxylic acids is 2. The van der Waals surface area contributed by atoms with Crippen LogP contribution in [0, 0.1) is 0 Å². The van der Waals surface area contributed by atoms with E-state index in [1.165, 1.54) is 0 Å². The van der Waals surface area contributed by atoms with Crippen molar-refractivity contribution in [3.8, 4) is 0 Å². The first-order valence-electron chi connectivity index (χ1n) is 8.29. The summed E-state index contributed by atoms with van der Waals surface area (Å²) < 4.78 is 5.00. The van der Waals surface area contributed by atoms with Crippen molar-refractivity contribution < 1.29 is 14.3 Å². The van der Waals surface area contributed by atoms with Gasteiger partial charge in [-0.05, 0) is 31.9 Å². The van der Waals surface area contributed by atoms with Crippen LogP contribution in [-0.2, 0) is 9.53 Å².